The summed E-state index contributed by atoms with van der Waals surface area (Å²) in [4.78, 5) is 5.33. The van der Waals surface area contributed by atoms with Crippen LogP contribution in [-0.4, -0.2) is 10.7 Å². The van der Waals surface area contributed by atoms with Gasteiger partial charge in [-0.2, -0.15) is 0 Å². The summed E-state index contributed by atoms with van der Waals surface area (Å²) < 4.78 is 0. The SMILES string of the molecule is Cc1cc(C#Cc2ccc(SCCc3ccncc3)cc2)ccc1C#Cc1ccc(C#C[C]2[CH][CH][CH][CH]2)cc1. The van der Waals surface area contributed by atoms with Crippen LogP contribution in [0.2, 0.25) is 0 Å². The smallest absolute Gasteiger partial charge is 0.0558 e. The standard InChI is InChI=1S/C37H26NS/c1-29-28-35(13-12-33-16-20-37(21-17-33)39-27-24-34-22-25-38-26-23-34)15-19-36(29)18-14-32-10-8-31(9-11-32)7-6-30-4-2-3-5-30/h2-5,8-11,15-17,19-23,25-26,28H,24,27H2,1H3. The summed E-state index contributed by atoms with van der Waals surface area (Å²) in [5.74, 6) is 21.6. The number of aromatic nitrogens is 1. The average molecular weight is 517 g/mol. The molecule has 1 nitrogen and oxygen atoms in total. The lowest BCUT2D eigenvalue weighted by molar-refractivity contribution is 1.13. The predicted octanol–water partition coefficient (Wildman–Crippen LogP) is 7.28. The predicted molar refractivity (Wildman–Crippen MR) is 162 cm³/mol. The maximum absolute atomic E-state index is 4.07. The molecule has 5 rings (SSSR count). The molecule has 1 heterocycles. The minimum Gasteiger partial charge on any atom is -0.265 e. The van der Waals surface area contributed by atoms with Crippen LogP contribution in [0.1, 0.15) is 38.9 Å². The number of rotatable bonds is 4. The highest BCUT2D eigenvalue weighted by atomic mass is 32.2. The fraction of sp³-hybridized carbons (Fsp3) is 0.0811. The second-order valence-corrected chi connectivity index (χ2v) is 10.2. The Hall–Kier alpha value is -4.16. The molecule has 0 saturated heterocycles. The highest BCUT2D eigenvalue weighted by molar-refractivity contribution is 7.99. The third-order valence-corrected chi connectivity index (χ3v) is 7.09. The van der Waals surface area contributed by atoms with E-state index in [1.165, 1.54) is 10.5 Å². The van der Waals surface area contributed by atoms with Crippen molar-refractivity contribution in [1.29, 1.82) is 0 Å². The first-order valence-corrected chi connectivity index (χ1v) is 13.8. The van der Waals surface area contributed by atoms with Gasteiger partial charge in [-0.05, 0) is 129 Å². The summed E-state index contributed by atoms with van der Waals surface area (Å²) in [6, 6.07) is 26.9. The topological polar surface area (TPSA) is 12.9 Å². The van der Waals surface area contributed by atoms with Crippen LogP contribution in [0.15, 0.2) is 96.2 Å². The summed E-state index contributed by atoms with van der Waals surface area (Å²) in [5, 5.41) is 0. The Morgan fingerprint density at radius 3 is 1.85 bits per heavy atom. The molecule has 1 aromatic heterocycles. The summed E-state index contributed by atoms with van der Waals surface area (Å²) in [5.41, 5.74) is 7.39. The van der Waals surface area contributed by atoms with Crippen molar-refractivity contribution in [2.45, 2.75) is 18.2 Å². The lowest BCUT2D eigenvalue weighted by atomic mass is 10.0. The summed E-state index contributed by atoms with van der Waals surface area (Å²) >= 11 is 1.86. The molecule has 185 valence electrons. The number of hydrogen-bond donors (Lipinski definition) is 0. The van der Waals surface area contributed by atoms with E-state index in [2.05, 4.69) is 96.0 Å². The molecule has 0 atom stereocenters. The highest BCUT2D eigenvalue weighted by Gasteiger charge is 2.13. The van der Waals surface area contributed by atoms with E-state index in [9.17, 15) is 0 Å². The van der Waals surface area contributed by atoms with Crippen LogP contribution in [0, 0.1) is 74.0 Å². The molecule has 1 aliphatic rings. The number of pyridine rings is 1. The Labute approximate surface area is 237 Å². The van der Waals surface area contributed by atoms with E-state index in [0.717, 1.165) is 51.5 Å². The van der Waals surface area contributed by atoms with Crippen LogP contribution in [0.25, 0.3) is 0 Å². The maximum Gasteiger partial charge on any atom is 0.0558 e. The number of hydrogen-bond acceptors (Lipinski definition) is 2. The zero-order valence-corrected chi connectivity index (χ0v) is 22.6. The Morgan fingerprint density at radius 2 is 1.18 bits per heavy atom. The van der Waals surface area contributed by atoms with Gasteiger partial charge in [-0.3, -0.25) is 4.98 Å². The zero-order valence-electron chi connectivity index (χ0n) is 21.7. The minimum absolute atomic E-state index is 0.969. The molecule has 4 aromatic rings. The number of benzene rings is 3. The molecular formula is C37H26NS. The first-order chi connectivity index (χ1) is 19.2. The summed E-state index contributed by atoms with van der Waals surface area (Å²) in [6.07, 6.45) is 12.7. The van der Waals surface area contributed by atoms with Crippen molar-refractivity contribution < 1.29 is 0 Å². The molecule has 5 radical (unpaired) electrons. The van der Waals surface area contributed by atoms with E-state index in [1.54, 1.807) is 0 Å². The third kappa shape index (κ3) is 8.16. The van der Waals surface area contributed by atoms with Crippen molar-refractivity contribution in [2.75, 3.05) is 5.75 Å². The molecule has 0 N–H and O–H groups in total. The molecule has 3 aromatic carbocycles. The van der Waals surface area contributed by atoms with Crippen molar-refractivity contribution in [3.63, 3.8) is 0 Å². The molecule has 0 spiro atoms. The lowest BCUT2D eigenvalue weighted by Crippen LogP contribution is -1.88. The van der Waals surface area contributed by atoms with Gasteiger partial charge in [-0.25, -0.2) is 0 Å². The van der Waals surface area contributed by atoms with E-state index in [1.807, 2.05) is 80.2 Å². The van der Waals surface area contributed by atoms with Gasteiger partial charge in [-0.15, -0.1) is 11.8 Å². The van der Waals surface area contributed by atoms with Gasteiger partial charge < -0.3 is 0 Å². The fourth-order valence-electron chi connectivity index (χ4n) is 3.87. The quantitative estimate of drug-likeness (QED) is 0.209. The maximum atomic E-state index is 4.07. The molecule has 2 heteroatoms. The van der Waals surface area contributed by atoms with Crippen LogP contribution in [0.4, 0.5) is 0 Å². The average Bonchev–Trinajstić information content (AvgIpc) is 3.50. The van der Waals surface area contributed by atoms with Gasteiger partial charge in [0.2, 0.25) is 0 Å². The molecular weight excluding hydrogens is 490 g/mol. The zero-order chi connectivity index (χ0) is 26.7. The fourth-order valence-corrected chi connectivity index (χ4v) is 4.78. The Bertz CT molecular complexity index is 1580. The molecule has 39 heavy (non-hydrogen) atoms. The largest absolute Gasteiger partial charge is 0.265 e. The van der Waals surface area contributed by atoms with Crippen molar-refractivity contribution in [1.82, 2.24) is 4.98 Å². The second kappa shape index (κ2) is 13.6. The number of thioether (sulfide) groups is 1. The minimum atomic E-state index is 0.969. The van der Waals surface area contributed by atoms with Gasteiger partial charge in [0.15, 0.2) is 0 Å². The molecule has 0 aliphatic heterocycles. The van der Waals surface area contributed by atoms with E-state index in [-0.39, 0.29) is 0 Å². The highest BCUT2D eigenvalue weighted by Crippen LogP contribution is 2.22. The second-order valence-electron chi connectivity index (χ2n) is 9.01. The van der Waals surface area contributed by atoms with E-state index in [0.29, 0.717) is 0 Å². The van der Waals surface area contributed by atoms with Crippen LogP contribution in [-0.2, 0) is 6.42 Å². The third-order valence-electron chi connectivity index (χ3n) is 6.08. The van der Waals surface area contributed by atoms with Crippen LogP contribution < -0.4 is 0 Å². The van der Waals surface area contributed by atoms with Crippen molar-refractivity contribution in [3.05, 3.63) is 162 Å². The molecule has 1 saturated carbocycles. The molecule has 0 unspecified atom stereocenters. The lowest BCUT2D eigenvalue weighted by Gasteiger charge is -2.02. The van der Waals surface area contributed by atoms with Crippen LogP contribution in [0.5, 0.6) is 0 Å². The van der Waals surface area contributed by atoms with Crippen LogP contribution >= 0.6 is 11.8 Å². The van der Waals surface area contributed by atoms with E-state index >= 15 is 0 Å². The van der Waals surface area contributed by atoms with E-state index in [4.69, 9.17) is 0 Å². The van der Waals surface area contributed by atoms with Gasteiger partial charge >= 0.3 is 0 Å². The normalized spacial score (nSPS) is 12.4. The summed E-state index contributed by atoms with van der Waals surface area (Å²) in [6.45, 7) is 2.08. The molecule has 1 aliphatic carbocycles. The number of nitrogens with zero attached hydrogens (tertiary/aromatic N) is 1. The molecule has 1 fully saturated rings. The molecule has 0 amide bonds. The monoisotopic (exact) mass is 516 g/mol. The van der Waals surface area contributed by atoms with Crippen LogP contribution in [0.3, 0.4) is 0 Å². The van der Waals surface area contributed by atoms with E-state index < -0.39 is 0 Å². The first kappa shape index (κ1) is 26.4. The molecule has 0 bridgehead atoms. The van der Waals surface area contributed by atoms with Crippen molar-refractivity contribution >= 4 is 11.8 Å². The Kier molecular flexibility index (Phi) is 9.21. The van der Waals surface area contributed by atoms with Crippen molar-refractivity contribution in [2.24, 2.45) is 0 Å². The Morgan fingerprint density at radius 1 is 0.615 bits per heavy atom. The Balaban J connectivity index is 1.15. The van der Waals surface area contributed by atoms with Gasteiger partial charge in [0.25, 0.3) is 0 Å². The van der Waals surface area contributed by atoms with Crippen molar-refractivity contribution in [3.8, 4) is 35.5 Å². The first-order valence-electron chi connectivity index (χ1n) is 12.8. The summed E-state index contributed by atoms with van der Waals surface area (Å²) in [7, 11) is 0. The number of aryl methyl sites for hydroxylation is 2. The van der Waals surface area contributed by atoms with Gasteiger partial charge in [0.05, 0.1) is 5.92 Å². The van der Waals surface area contributed by atoms with Gasteiger partial charge in [-0.1, -0.05) is 35.5 Å². The van der Waals surface area contributed by atoms with Gasteiger partial charge in [0.1, 0.15) is 0 Å². The van der Waals surface area contributed by atoms with Gasteiger partial charge in [0, 0.05) is 50.9 Å².